The lowest BCUT2D eigenvalue weighted by molar-refractivity contribution is -0.525. The fourth-order valence-corrected chi connectivity index (χ4v) is 7.77. The Morgan fingerprint density at radius 2 is 1.91 bits per heavy atom. The lowest BCUT2D eigenvalue weighted by Crippen LogP contribution is -2.65. The smallest absolute Gasteiger partial charge is 0.481 e. The number of nitrogens with two attached hydrogens (primary N) is 1. The molecule has 1 heterocycles. The van der Waals surface area contributed by atoms with Gasteiger partial charge in [0.1, 0.15) is 11.5 Å². The first-order chi connectivity index (χ1) is 21.7. The van der Waals surface area contributed by atoms with Gasteiger partial charge in [0.2, 0.25) is 5.91 Å². The van der Waals surface area contributed by atoms with Crippen molar-refractivity contribution in [3.8, 4) is 5.75 Å². The van der Waals surface area contributed by atoms with Crippen LogP contribution in [-0.2, 0) is 25.3 Å². The summed E-state index contributed by atoms with van der Waals surface area (Å²) in [6, 6.07) is 7.78. The van der Waals surface area contributed by atoms with Crippen LogP contribution in [0.25, 0.3) is 0 Å². The summed E-state index contributed by atoms with van der Waals surface area (Å²) in [5.74, 6) is 0.638. The van der Waals surface area contributed by atoms with E-state index in [9.17, 15) is 19.7 Å². The van der Waals surface area contributed by atoms with Crippen LogP contribution in [0, 0.1) is 39.2 Å². The first-order valence-corrected chi connectivity index (χ1v) is 16.7. The summed E-state index contributed by atoms with van der Waals surface area (Å²) >= 11 is 0. The van der Waals surface area contributed by atoms with E-state index in [0.717, 1.165) is 30.6 Å². The van der Waals surface area contributed by atoms with E-state index in [1.165, 1.54) is 0 Å². The van der Waals surface area contributed by atoms with Crippen molar-refractivity contribution in [3.05, 3.63) is 39.9 Å². The van der Waals surface area contributed by atoms with Crippen LogP contribution in [0.5, 0.6) is 5.75 Å². The molecule has 1 aliphatic heterocycles. The molecule has 1 aromatic carbocycles. The molecule has 6 atom stereocenters. The lowest BCUT2D eigenvalue weighted by Gasteiger charge is -2.64. The largest absolute Gasteiger partial charge is 0.497 e. The van der Waals surface area contributed by atoms with Crippen LogP contribution in [0.15, 0.2) is 29.3 Å². The highest BCUT2D eigenvalue weighted by molar-refractivity contribution is 6.47. The maximum Gasteiger partial charge on any atom is 0.481 e. The fourth-order valence-electron chi connectivity index (χ4n) is 7.77. The lowest BCUT2D eigenvalue weighted by atomic mass is 9.43. The summed E-state index contributed by atoms with van der Waals surface area (Å²) in [4.78, 5) is 41.6. The molecule has 3 aliphatic carbocycles. The van der Waals surface area contributed by atoms with Crippen molar-refractivity contribution in [2.24, 2.45) is 39.8 Å². The molecule has 2 bridgehead atoms. The minimum atomic E-state index is -0.775. The van der Waals surface area contributed by atoms with Gasteiger partial charge in [-0.3, -0.25) is 9.59 Å². The number of Topliss-reactive ketones (excluding diaryl/α,β-unsaturated/α-hetero) is 1. The van der Waals surface area contributed by atoms with Crippen LogP contribution >= 0.6 is 0 Å². The van der Waals surface area contributed by atoms with Crippen molar-refractivity contribution < 1.29 is 28.7 Å². The van der Waals surface area contributed by atoms with E-state index in [1.807, 2.05) is 29.7 Å². The topological polar surface area (TPSA) is 167 Å². The minimum absolute atomic E-state index is 0.0000102. The molecule has 0 radical (unpaired) electrons. The Hall–Kier alpha value is -3.19. The third-order valence-corrected chi connectivity index (χ3v) is 10.5. The molecule has 1 amide bonds. The molecule has 3 saturated carbocycles. The molecule has 46 heavy (non-hydrogen) atoms. The Bertz CT molecular complexity index is 1260. The second kappa shape index (κ2) is 15.1. The Kier molecular flexibility index (Phi) is 11.7. The van der Waals surface area contributed by atoms with E-state index in [0.29, 0.717) is 43.9 Å². The number of hydrogen-bond acceptors (Lipinski definition) is 8. The van der Waals surface area contributed by atoms with Crippen molar-refractivity contribution in [1.82, 2.24) is 10.7 Å². The number of ketones is 1. The number of ether oxygens (including phenoxy) is 1. The van der Waals surface area contributed by atoms with Crippen LogP contribution in [0.1, 0.15) is 91.5 Å². The SMILES string of the molecule is COc1ccc(CCCC(=O)C[C@@H](CCCN=C(N)N[N+](=O)[O-])C(=O)N[C@@H](CC(C)C)B2O[C@@H]3C[C@@H]4C[C@@H](C4(C)C)[C@]3(C)O2)cc1. The number of guanidine groups is 1. The molecule has 5 rings (SSSR count). The highest BCUT2D eigenvalue weighted by atomic mass is 16.7. The molecule has 0 aromatic heterocycles. The third kappa shape index (κ3) is 8.58. The number of amides is 1. The number of hydrazine groups is 1. The van der Waals surface area contributed by atoms with Crippen LogP contribution in [0.3, 0.4) is 0 Å². The van der Waals surface area contributed by atoms with Crippen LogP contribution in [0.4, 0.5) is 0 Å². The van der Waals surface area contributed by atoms with Crippen molar-refractivity contribution in [1.29, 1.82) is 0 Å². The van der Waals surface area contributed by atoms with E-state index < -0.39 is 23.7 Å². The van der Waals surface area contributed by atoms with Gasteiger partial charge in [-0.2, -0.15) is 0 Å². The molecule has 0 unspecified atom stereocenters. The van der Waals surface area contributed by atoms with E-state index in [1.54, 1.807) is 7.11 Å². The number of aryl methyl sites for hydroxylation is 1. The van der Waals surface area contributed by atoms with Gasteiger partial charge in [0.05, 0.1) is 24.8 Å². The molecule has 254 valence electrons. The number of aliphatic imine (C=N–C) groups is 1. The van der Waals surface area contributed by atoms with Gasteiger partial charge in [-0.25, -0.2) is 15.1 Å². The van der Waals surface area contributed by atoms with Crippen molar-refractivity contribution in [3.63, 3.8) is 0 Å². The van der Waals surface area contributed by atoms with Crippen LogP contribution < -0.4 is 21.2 Å². The zero-order chi connectivity index (χ0) is 33.6. The summed E-state index contributed by atoms with van der Waals surface area (Å²) in [7, 11) is 1.06. The number of hydrogen-bond donors (Lipinski definition) is 3. The standard InChI is InChI=1S/C33H52BN5O7/c1-21(2)17-29(34-45-28-20-24-19-27(32(24,3)4)33(28,5)46-34)37-30(41)23(10-8-16-36-31(35)38-39(42)43)18-25(40)11-7-9-22-12-14-26(44-6)15-13-22/h12-15,21,23-24,27-29H,7-11,16-20H2,1-6H3,(H,37,41)(H3,35,36,38)/t23-,24+,27+,28-,29+,33+/m1/s1. The van der Waals surface area contributed by atoms with Crippen molar-refractivity contribution >= 4 is 24.8 Å². The molecule has 0 spiro atoms. The van der Waals surface area contributed by atoms with Crippen molar-refractivity contribution in [2.75, 3.05) is 13.7 Å². The van der Waals surface area contributed by atoms with Gasteiger partial charge >= 0.3 is 7.12 Å². The maximum atomic E-state index is 13.9. The number of carbonyl (C=O) groups is 2. The van der Waals surface area contributed by atoms with E-state index in [4.69, 9.17) is 19.8 Å². The summed E-state index contributed by atoms with van der Waals surface area (Å²) in [6.07, 6.45) is 5.46. The maximum absolute atomic E-state index is 13.9. The number of methoxy groups -OCH3 is 1. The highest BCUT2D eigenvalue weighted by Gasteiger charge is 2.68. The monoisotopic (exact) mass is 641 g/mol. The van der Waals surface area contributed by atoms with Gasteiger partial charge in [-0.1, -0.05) is 45.3 Å². The molecule has 13 heteroatoms. The minimum Gasteiger partial charge on any atom is -0.497 e. The second-order valence-corrected chi connectivity index (χ2v) is 14.5. The Morgan fingerprint density at radius 1 is 1.20 bits per heavy atom. The first-order valence-electron chi connectivity index (χ1n) is 16.7. The zero-order valence-corrected chi connectivity index (χ0v) is 28.3. The predicted molar refractivity (Wildman–Crippen MR) is 176 cm³/mol. The normalized spacial score (nSPS) is 26.1. The molecule has 1 saturated heterocycles. The summed E-state index contributed by atoms with van der Waals surface area (Å²) in [5, 5.41) is 13.1. The molecule has 4 aliphatic rings. The van der Waals surface area contributed by atoms with Gasteiger partial charge < -0.3 is 25.1 Å². The average Bonchev–Trinajstić information content (AvgIpc) is 3.35. The number of nitro groups is 1. The van der Waals surface area contributed by atoms with Crippen LogP contribution in [0.2, 0.25) is 0 Å². The summed E-state index contributed by atoms with van der Waals surface area (Å²) in [6.45, 7) is 11.2. The van der Waals surface area contributed by atoms with E-state index in [-0.39, 0.29) is 54.0 Å². The zero-order valence-electron chi connectivity index (χ0n) is 28.3. The predicted octanol–water partition coefficient (Wildman–Crippen LogP) is 4.27. The Labute approximate surface area is 273 Å². The van der Waals surface area contributed by atoms with Gasteiger partial charge in [-0.05, 0) is 92.7 Å². The van der Waals surface area contributed by atoms with Gasteiger partial charge in [0.15, 0.2) is 5.03 Å². The van der Waals surface area contributed by atoms with Crippen LogP contribution in [-0.4, -0.2) is 61.1 Å². The second-order valence-electron chi connectivity index (χ2n) is 14.5. The van der Waals surface area contributed by atoms with Gasteiger partial charge in [0.25, 0.3) is 5.96 Å². The fraction of sp³-hybridized carbons (Fsp3) is 0.727. The summed E-state index contributed by atoms with van der Waals surface area (Å²) < 4.78 is 18.5. The van der Waals surface area contributed by atoms with Crippen molar-refractivity contribution in [2.45, 2.75) is 110 Å². The molecule has 4 N–H and O–H groups in total. The van der Waals surface area contributed by atoms with Gasteiger partial charge in [-0.15, -0.1) is 0 Å². The molecule has 1 aromatic rings. The number of carbonyl (C=O) groups excluding carboxylic acids is 2. The molecular formula is C33H52BN5O7. The summed E-state index contributed by atoms with van der Waals surface area (Å²) in [5.41, 5.74) is 8.31. The molecular weight excluding hydrogens is 589 g/mol. The third-order valence-electron chi connectivity index (χ3n) is 10.5. The number of nitrogens with one attached hydrogen (secondary N) is 2. The highest BCUT2D eigenvalue weighted by Crippen LogP contribution is 2.65. The number of rotatable bonds is 17. The van der Waals surface area contributed by atoms with E-state index >= 15 is 0 Å². The average molecular weight is 642 g/mol. The Balaban J connectivity index is 1.40. The number of nitrogens with zero attached hydrogens (tertiary/aromatic N) is 2. The quantitative estimate of drug-likeness (QED) is 0.0562. The molecule has 12 nitrogen and oxygen atoms in total. The molecule has 4 fully saturated rings. The first kappa shape index (κ1) is 35.7. The van der Waals surface area contributed by atoms with E-state index in [2.05, 4.69) is 44.9 Å². The van der Waals surface area contributed by atoms with Gasteiger partial charge in [0, 0.05) is 25.3 Å². The number of benzene rings is 1. The Morgan fingerprint density at radius 3 is 2.54 bits per heavy atom.